The fourth-order valence-corrected chi connectivity index (χ4v) is 8.95. The van der Waals surface area contributed by atoms with Gasteiger partial charge in [0.15, 0.2) is 6.10 Å². The fourth-order valence-electron chi connectivity index (χ4n) is 8.95. The summed E-state index contributed by atoms with van der Waals surface area (Å²) >= 11 is 0. The molecule has 0 rings (SSSR count). The Morgan fingerprint density at radius 2 is 0.684 bits per heavy atom. The van der Waals surface area contributed by atoms with Crippen molar-refractivity contribution in [3.63, 3.8) is 0 Å². The highest BCUT2D eigenvalue weighted by molar-refractivity contribution is 5.71. The van der Waals surface area contributed by atoms with Crippen molar-refractivity contribution in [3.05, 3.63) is 0 Å². The quantitative estimate of drug-likeness (QED) is 0.0347. The summed E-state index contributed by atoms with van der Waals surface area (Å²) in [6.07, 6.45) is 37.7. The predicted molar refractivity (Wildman–Crippen MR) is 306 cm³/mol. The fraction of sp³-hybridized carbons (Fsp3) is 0.903. The third kappa shape index (κ3) is 52.6. The third-order valence-electron chi connectivity index (χ3n) is 14.1. The molecule has 0 aliphatic heterocycles. The van der Waals surface area contributed by atoms with Crippen LogP contribution >= 0.6 is 0 Å². The maximum absolute atomic E-state index is 13.2. The normalized spacial score (nSPS) is 11.7. The van der Waals surface area contributed by atoms with Crippen LogP contribution in [0.4, 0.5) is 4.79 Å². The van der Waals surface area contributed by atoms with Crippen LogP contribution < -0.4 is 5.32 Å². The van der Waals surface area contributed by atoms with Gasteiger partial charge in [-0.25, -0.2) is 4.79 Å². The number of rotatable bonds is 57. The van der Waals surface area contributed by atoms with Crippen molar-refractivity contribution in [2.24, 2.45) is 0 Å². The van der Waals surface area contributed by atoms with E-state index in [0.717, 1.165) is 103 Å². The van der Waals surface area contributed by atoms with Gasteiger partial charge in [0.25, 0.3) is 0 Å². The summed E-state index contributed by atoms with van der Waals surface area (Å²) in [5.74, 6) is -1.64. The molecule has 14 nitrogen and oxygen atoms in total. The van der Waals surface area contributed by atoms with E-state index in [9.17, 15) is 28.8 Å². The number of ether oxygens (including phenoxy) is 6. The summed E-state index contributed by atoms with van der Waals surface area (Å²) in [5.41, 5.74) is 0. The van der Waals surface area contributed by atoms with Crippen LogP contribution in [0.5, 0.6) is 0 Å². The van der Waals surface area contributed by atoms with Gasteiger partial charge in [-0.05, 0) is 77.8 Å². The zero-order valence-electron chi connectivity index (χ0n) is 49.6. The molecule has 0 saturated heterocycles. The van der Waals surface area contributed by atoms with E-state index in [0.29, 0.717) is 71.2 Å². The number of carbonyl (C=O) groups is 6. The second-order valence-electron chi connectivity index (χ2n) is 21.4. The molecule has 0 spiro atoms. The molecule has 0 aliphatic rings. The molecule has 0 fully saturated rings. The number of alkyl carbamates (subject to hydrolysis) is 1. The van der Waals surface area contributed by atoms with Crippen molar-refractivity contribution in [1.82, 2.24) is 10.2 Å². The van der Waals surface area contributed by atoms with Gasteiger partial charge in [0.2, 0.25) is 0 Å². The van der Waals surface area contributed by atoms with Gasteiger partial charge >= 0.3 is 35.9 Å². The lowest BCUT2D eigenvalue weighted by Gasteiger charge is -2.20. The van der Waals surface area contributed by atoms with E-state index < -0.39 is 30.1 Å². The smallest absolute Gasteiger partial charge is 0.407 e. The van der Waals surface area contributed by atoms with E-state index in [1.807, 2.05) is 7.05 Å². The third-order valence-corrected chi connectivity index (χ3v) is 14.1. The number of nitrogens with one attached hydrogen (secondary N) is 1. The first-order chi connectivity index (χ1) is 37.0. The Labute approximate surface area is 464 Å². The highest BCUT2D eigenvalue weighted by Gasteiger charge is 2.21. The molecule has 0 bridgehead atoms. The number of nitrogens with zero attached hydrogens (tertiary/aromatic N) is 1. The Hall–Kier alpha value is -3.42. The summed E-state index contributed by atoms with van der Waals surface area (Å²) in [5, 5.41) is 2.85. The summed E-state index contributed by atoms with van der Waals surface area (Å²) in [6.45, 7) is 11.3. The van der Waals surface area contributed by atoms with Crippen molar-refractivity contribution < 1.29 is 57.2 Å². The summed E-state index contributed by atoms with van der Waals surface area (Å²) in [7, 11) is 1.99. The van der Waals surface area contributed by atoms with Crippen LogP contribution in [0.1, 0.15) is 297 Å². The molecule has 1 atom stereocenters. The lowest BCUT2D eigenvalue weighted by molar-refractivity contribution is -0.167. The average molecular weight is 1080 g/mol. The minimum absolute atomic E-state index is 0.0612. The average Bonchev–Trinajstić information content (AvgIpc) is 3.40. The van der Waals surface area contributed by atoms with Gasteiger partial charge in [0.1, 0.15) is 19.3 Å². The maximum Gasteiger partial charge on any atom is 0.407 e. The first kappa shape index (κ1) is 72.6. The Balaban J connectivity index is 4.88. The number of likely N-dealkylation sites (N-methyl/N-ethyl adjacent to an activating group) is 1. The first-order valence-electron chi connectivity index (χ1n) is 31.5. The number of amides is 1. The summed E-state index contributed by atoms with van der Waals surface area (Å²) < 4.78 is 33.5. The second-order valence-corrected chi connectivity index (χ2v) is 21.4. The Morgan fingerprint density at radius 1 is 0.355 bits per heavy atom. The predicted octanol–water partition coefficient (Wildman–Crippen LogP) is 15.6. The largest absolute Gasteiger partial charge is 0.466 e. The number of carbonyl (C=O) groups excluding carboxylic acids is 6. The minimum atomic E-state index is -0.970. The molecule has 0 aromatic rings. The van der Waals surface area contributed by atoms with Gasteiger partial charge in [0.05, 0.1) is 13.2 Å². The number of esters is 5. The number of hydrogen-bond acceptors (Lipinski definition) is 13. The molecule has 0 aromatic carbocycles. The van der Waals surface area contributed by atoms with E-state index in [2.05, 4.69) is 37.9 Å². The first-order valence-corrected chi connectivity index (χ1v) is 31.5. The topological polar surface area (TPSA) is 173 Å². The van der Waals surface area contributed by atoms with Crippen LogP contribution in [0.3, 0.4) is 0 Å². The Kier molecular flexibility index (Phi) is 53.8. The van der Waals surface area contributed by atoms with Crippen molar-refractivity contribution in [1.29, 1.82) is 0 Å². The highest BCUT2D eigenvalue weighted by atomic mass is 16.6. The molecule has 1 N–H and O–H groups in total. The van der Waals surface area contributed by atoms with Gasteiger partial charge in [-0.15, -0.1) is 0 Å². The van der Waals surface area contributed by atoms with Crippen LogP contribution in [0, 0.1) is 0 Å². The van der Waals surface area contributed by atoms with Crippen LogP contribution in [0.15, 0.2) is 0 Å². The van der Waals surface area contributed by atoms with Gasteiger partial charge in [-0.2, -0.15) is 0 Å². The molecule has 446 valence electrons. The van der Waals surface area contributed by atoms with E-state index >= 15 is 0 Å². The minimum Gasteiger partial charge on any atom is -0.466 e. The standard InChI is InChI=1S/C62H116N2O12/c1-6-10-13-16-19-21-23-32-39-51-71-57(65)44-35-28-25-30-37-46-59(67)73-53-56(54-74-60(68)47-38-31-26-29-36-45-58(66)72-52-40-33-24-22-20-17-14-11-7-2)75-61(69)48-41-43-55(42-34-27-18-15-12-8-3)76-62(70)63-49-50-64(5)9-4/h55-56H,6-54H2,1-5H3,(H,63,70). The molecule has 0 saturated carbocycles. The van der Waals surface area contributed by atoms with Crippen LogP contribution in [-0.4, -0.2) is 106 Å². The molecule has 0 heterocycles. The van der Waals surface area contributed by atoms with Gasteiger partial charge in [-0.3, -0.25) is 24.0 Å². The molecule has 1 unspecified atom stereocenters. The zero-order valence-corrected chi connectivity index (χ0v) is 49.6. The highest BCUT2D eigenvalue weighted by Crippen LogP contribution is 2.18. The summed E-state index contributed by atoms with van der Waals surface area (Å²) in [6, 6.07) is 0. The van der Waals surface area contributed by atoms with E-state index in [1.54, 1.807) is 0 Å². The van der Waals surface area contributed by atoms with Crippen LogP contribution in [-0.2, 0) is 52.4 Å². The molecule has 14 heteroatoms. The van der Waals surface area contributed by atoms with E-state index in [1.165, 1.54) is 109 Å². The Bertz CT molecular complexity index is 1320. The van der Waals surface area contributed by atoms with Gasteiger partial charge < -0.3 is 38.6 Å². The molecule has 0 aromatic heterocycles. The van der Waals surface area contributed by atoms with Gasteiger partial charge in [-0.1, -0.05) is 201 Å². The SMILES string of the molecule is CCCCCCCCCCCOC(=O)CCCCCCCC(=O)OCC(COC(=O)CCCCCCCC(=O)OCCCCCCCCCCC)OC(=O)CCCC(CCCCCCCC)OC(=O)NCCN(C)CC. The molecule has 0 radical (unpaired) electrons. The van der Waals surface area contributed by atoms with Gasteiger partial charge in [0, 0.05) is 45.2 Å². The van der Waals surface area contributed by atoms with E-state index in [-0.39, 0.29) is 50.5 Å². The van der Waals surface area contributed by atoms with Crippen molar-refractivity contribution in [2.75, 3.05) is 53.1 Å². The van der Waals surface area contributed by atoms with Crippen molar-refractivity contribution >= 4 is 35.9 Å². The monoisotopic (exact) mass is 1080 g/mol. The van der Waals surface area contributed by atoms with E-state index in [4.69, 9.17) is 28.4 Å². The van der Waals surface area contributed by atoms with Crippen molar-refractivity contribution in [2.45, 2.75) is 310 Å². The summed E-state index contributed by atoms with van der Waals surface area (Å²) in [4.78, 5) is 77.9. The molecule has 76 heavy (non-hydrogen) atoms. The van der Waals surface area contributed by atoms with Crippen LogP contribution in [0.25, 0.3) is 0 Å². The lowest BCUT2D eigenvalue weighted by atomic mass is 10.0. The lowest BCUT2D eigenvalue weighted by Crippen LogP contribution is -2.35. The molecular weight excluding hydrogens is 965 g/mol. The molecule has 0 aliphatic carbocycles. The zero-order chi connectivity index (χ0) is 55.8. The van der Waals surface area contributed by atoms with Crippen LogP contribution in [0.2, 0.25) is 0 Å². The maximum atomic E-state index is 13.2. The molecule has 1 amide bonds. The second kappa shape index (κ2) is 56.3. The molecular formula is C62H116N2O12. The number of hydrogen-bond donors (Lipinski definition) is 1. The Morgan fingerprint density at radius 3 is 1.08 bits per heavy atom. The number of unbranched alkanes of at least 4 members (excludes halogenated alkanes) is 29. The van der Waals surface area contributed by atoms with Crippen molar-refractivity contribution in [3.8, 4) is 0 Å².